The topological polar surface area (TPSA) is 66.8 Å². The molecule has 0 aliphatic rings. The van der Waals surface area contributed by atoms with Gasteiger partial charge in [-0.2, -0.15) is 0 Å². The number of ether oxygens (including phenoxy) is 1. The molecule has 0 saturated heterocycles. The number of nitrogens with zero attached hydrogens (tertiary/aromatic N) is 1. The number of aliphatic carboxylic acids is 1. The Balaban J connectivity index is 2.21. The number of carbonyl (C=O) groups is 2. The first-order valence-corrected chi connectivity index (χ1v) is 7.96. The van der Waals surface area contributed by atoms with Crippen molar-refractivity contribution in [2.24, 2.45) is 0 Å². The van der Waals surface area contributed by atoms with Crippen LogP contribution < -0.4 is 4.74 Å². The summed E-state index contributed by atoms with van der Waals surface area (Å²) >= 11 is 0. The molecule has 0 spiro atoms. The molecule has 0 radical (unpaired) electrons. The zero-order valence-electron chi connectivity index (χ0n) is 14.2. The van der Waals surface area contributed by atoms with E-state index in [9.17, 15) is 18.4 Å². The number of hydrogen-bond donors (Lipinski definition) is 1. The standard InChI is InChI=1S/C19H19F2NO4/c1-26-16-8-3-2-5-13(16)11-17(23)22(10-9-18(24)25)12-14-6-4-7-15(20)19(14)21/h2-8H,9-12H2,1H3,(H,24,25). The molecule has 0 aliphatic heterocycles. The van der Waals surface area contributed by atoms with Crippen LogP contribution in [-0.4, -0.2) is 35.5 Å². The van der Waals surface area contributed by atoms with Gasteiger partial charge in [-0.05, 0) is 12.1 Å². The Kier molecular flexibility index (Phi) is 6.66. The van der Waals surface area contributed by atoms with Crippen LogP contribution in [0.4, 0.5) is 8.78 Å². The SMILES string of the molecule is COc1ccccc1CC(=O)N(CCC(=O)O)Cc1cccc(F)c1F. The Morgan fingerprint density at radius 1 is 1.08 bits per heavy atom. The Hall–Kier alpha value is -2.96. The van der Waals surface area contributed by atoms with Gasteiger partial charge < -0.3 is 14.7 Å². The minimum absolute atomic E-state index is 0.0104. The molecule has 0 fully saturated rings. The number of amides is 1. The zero-order chi connectivity index (χ0) is 19.1. The van der Waals surface area contributed by atoms with Crippen LogP contribution >= 0.6 is 0 Å². The lowest BCUT2D eigenvalue weighted by molar-refractivity contribution is -0.138. The van der Waals surface area contributed by atoms with Gasteiger partial charge in [-0.25, -0.2) is 8.78 Å². The van der Waals surface area contributed by atoms with E-state index in [-0.39, 0.29) is 31.5 Å². The molecule has 0 unspecified atom stereocenters. The summed E-state index contributed by atoms with van der Waals surface area (Å²) in [5.41, 5.74) is 0.615. The zero-order valence-corrected chi connectivity index (χ0v) is 14.2. The van der Waals surface area contributed by atoms with Crippen molar-refractivity contribution in [2.75, 3.05) is 13.7 Å². The van der Waals surface area contributed by atoms with E-state index in [1.165, 1.54) is 24.1 Å². The Morgan fingerprint density at radius 2 is 1.77 bits per heavy atom. The Morgan fingerprint density at radius 3 is 2.46 bits per heavy atom. The first-order chi connectivity index (χ1) is 12.4. The summed E-state index contributed by atoms with van der Waals surface area (Å²) < 4.78 is 32.5. The number of methoxy groups -OCH3 is 1. The van der Waals surface area contributed by atoms with Gasteiger partial charge in [0.05, 0.1) is 20.0 Å². The molecule has 26 heavy (non-hydrogen) atoms. The monoisotopic (exact) mass is 363 g/mol. The third-order valence-electron chi connectivity index (χ3n) is 3.88. The van der Waals surface area contributed by atoms with E-state index in [0.29, 0.717) is 11.3 Å². The molecule has 7 heteroatoms. The molecular weight excluding hydrogens is 344 g/mol. The second kappa shape index (κ2) is 8.94. The lowest BCUT2D eigenvalue weighted by Crippen LogP contribution is -2.34. The van der Waals surface area contributed by atoms with Gasteiger partial charge in [0.2, 0.25) is 5.91 Å². The normalized spacial score (nSPS) is 10.4. The predicted octanol–water partition coefficient (Wildman–Crippen LogP) is 3.02. The number of hydrogen-bond acceptors (Lipinski definition) is 3. The second-order valence-electron chi connectivity index (χ2n) is 5.66. The molecule has 138 valence electrons. The van der Waals surface area contributed by atoms with Crippen molar-refractivity contribution in [3.8, 4) is 5.75 Å². The summed E-state index contributed by atoms with van der Waals surface area (Å²) in [5, 5.41) is 8.89. The predicted molar refractivity (Wildman–Crippen MR) is 90.7 cm³/mol. The summed E-state index contributed by atoms with van der Waals surface area (Å²) in [4.78, 5) is 24.7. The maximum Gasteiger partial charge on any atom is 0.305 e. The summed E-state index contributed by atoms with van der Waals surface area (Å²) in [7, 11) is 1.48. The van der Waals surface area contributed by atoms with Crippen molar-refractivity contribution in [1.82, 2.24) is 4.90 Å². The van der Waals surface area contributed by atoms with Crippen molar-refractivity contribution in [3.63, 3.8) is 0 Å². The second-order valence-corrected chi connectivity index (χ2v) is 5.66. The number of rotatable bonds is 8. The van der Waals surface area contributed by atoms with E-state index >= 15 is 0 Å². The summed E-state index contributed by atoms with van der Waals surface area (Å²) in [5.74, 6) is -3.02. The highest BCUT2D eigenvalue weighted by molar-refractivity contribution is 5.80. The van der Waals surface area contributed by atoms with E-state index < -0.39 is 23.5 Å². The van der Waals surface area contributed by atoms with Gasteiger partial charge in [0, 0.05) is 24.2 Å². The minimum atomic E-state index is -1.08. The van der Waals surface area contributed by atoms with E-state index in [4.69, 9.17) is 9.84 Å². The van der Waals surface area contributed by atoms with Gasteiger partial charge in [0.25, 0.3) is 0 Å². The Labute approximate surface area is 149 Å². The highest BCUT2D eigenvalue weighted by atomic mass is 19.2. The third kappa shape index (κ3) is 5.02. The number of benzene rings is 2. The first kappa shape index (κ1) is 19.4. The van der Waals surface area contributed by atoms with Crippen LogP contribution in [0.3, 0.4) is 0 Å². The number of carboxylic acid groups (broad SMARTS) is 1. The summed E-state index contributed by atoms with van der Waals surface area (Å²) in [6.07, 6.45) is -0.338. The number of para-hydroxylation sites is 1. The lowest BCUT2D eigenvalue weighted by atomic mass is 10.1. The molecule has 0 atom stereocenters. The van der Waals surface area contributed by atoms with Gasteiger partial charge in [-0.15, -0.1) is 0 Å². The van der Waals surface area contributed by atoms with Gasteiger partial charge in [0.15, 0.2) is 11.6 Å². The average Bonchev–Trinajstić information content (AvgIpc) is 2.62. The van der Waals surface area contributed by atoms with Crippen molar-refractivity contribution < 1.29 is 28.2 Å². The van der Waals surface area contributed by atoms with Gasteiger partial charge in [0.1, 0.15) is 5.75 Å². The molecule has 0 aliphatic carbocycles. The maximum absolute atomic E-state index is 13.9. The van der Waals surface area contributed by atoms with E-state index in [1.54, 1.807) is 24.3 Å². The summed E-state index contributed by atoms with van der Waals surface area (Å²) in [6, 6.07) is 10.6. The van der Waals surface area contributed by atoms with Crippen molar-refractivity contribution in [1.29, 1.82) is 0 Å². The molecule has 0 bridgehead atoms. The van der Waals surface area contributed by atoms with Crippen LogP contribution in [0.5, 0.6) is 5.75 Å². The fraction of sp³-hybridized carbons (Fsp3) is 0.263. The molecular formula is C19H19F2NO4. The molecule has 1 N–H and O–H groups in total. The van der Waals surface area contributed by atoms with Gasteiger partial charge in [-0.3, -0.25) is 9.59 Å². The lowest BCUT2D eigenvalue weighted by Gasteiger charge is -2.23. The van der Waals surface area contributed by atoms with Gasteiger partial charge >= 0.3 is 5.97 Å². The average molecular weight is 363 g/mol. The highest BCUT2D eigenvalue weighted by Crippen LogP contribution is 2.20. The van der Waals surface area contributed by atoms with Crippen LogP contribution in [0, 0.1) is 11.6 Å². The number of halogens is 2. The molecule has 2 aromatic carbocycles. The van der Waals surface area contributed by atoms with Gasteiger partial charge in [-0.1, -0.05) is 30.3 Å². The third-order valence-corrected chi connectivity index (χ3v) is 3.88. The van der Waals surface area contributed by atoms with Crippen molar-refractivity contribution >= 4 is 11.9 Å². The quantitative estimate of drug-likeness (QED) is 0.783. The highest BCUT2D eigenvalue weighted by Gasteiger charge is 2.20. The molecule has 2 rings (SSSR count). The fourth-order valence-electron chi connectivity index (χ4n) is 2.52. The molecule has 2 aromatic rings. The van der Waals surface area contributed by atoms with Crippen LogP contribution in [0.25, 0.3) is 0 Å². The number of carbonyl (C=O) groups excluding carboxylic acids is 1. The van der Waals surface area contributed by atoms with Crippen LogP contribution in [0.15, 0.2) is 42.5 Å². The van der Waals surface area contributed by atoms with E-state index in [2.05, 4.69) is 0 Å². The molecule has 1 amide bonds. The van der Waals surface area contributed by atoms with Crippen LogP contribution in [0.2, 0.25) is 0 Å². The Bertz CT molecular complexity index is 795. The minimum Gasteiger partial charge on any atom is -0.496 e. The van der Waals surface area contributed by atoms with E-state index in [0.717, 1.165) is 6.07 Å². The summed E-state index contributed by atoms with van der Waals surface area (Å²) in [6.45, 7) is -0.329. The molecule has 0 aromatic heterocycles. The maximum atomic E-state index is 13.9. The first-order valence-electron chi connectivity index (χ1n) is 7.96. The van der Waals surface area contributed by atoms with Crippen LogP contribution in [0.1, 0.15) is 17.5 Å². The van der Waals surface area contributed by atoms with Crippen molar-refractivity contribution in [2.45, 2.75) is 19.4 Å². The molecule has 5 nitrogen and oxygen atoms in total. The van der Waals surface area contributed by atoms with E-state index in [1.807, 2.05) is 0 Å². The molecule has 0 saturated carbocycles. The smallest absolute Gasteiger partial charge is 0.305 e. The fourth-order valence-corrected chi connectivity index (χ4v) is 2.52. The van der Waals surface area contributed by atoms with Crippen LogP contribution in [-0.2, 0) is 22.6 Å². The van der Waals surface area contributed by atoms with Crippen molar-refractivity contribution in [3.05, 3.63) is 65.2 Å². The molecule has 0 heterocycles. The number of carboxylic acids is 1. The largest absolute Gasteiger partial charge is 0.496 e.